The largest absolute Gasteiger partial charge is 0.353 e. The van der Waals surface area contributed by atoms with Crippen molar-refractivity contribution in [2.45, 2.75) is 51.0 Å². The van der Waals surface area contributed by atoms with E-state index in [-0.39, 0.29) is 23.5 Å². The summed E-state index contributed by atoms with van der Waals surface area (Å²) >= 11 is 0. The van der Waals surface area contributed by atoms with Crippen LogP contribution in [0.15, 0.2) is 24.3 Å². The lowest BCUT2D eigenvalue weighted by atomic mass is 9.95. The highest BCUT2D eigenvalue weighted by Gasteiger charge is 2.29. The number of hydrogen-bond donors (Lipinski definition) is 1. The summed E-state index contributed by atoms with van der Waals surface area (Å²) in [4.78, 5) is 26.5. The summed E-state index contributed by atoms with van der Waals surface area (Å²) in [5, 5.41) is 3.16. The standard InChI is InChI=1S/C19H25FN2O2/c20-16-7-5-14(6-8-16)13-18(23)22-11-9-15(10-12-22)19(24)21-17-3-1-2-4-17/h5-8,15,17H,1-4,9-13H2,(H,21,24). The molecule has 2 aliphatic rings. The lowest BCUT2D eigenvalue weighted by Gasteiger charge is -2.32. The summed E-state index contributed by atoms with van der Waals surface area (Å²) in [7, 11) is 0. The number of rotatable bonds is 4. The molecule has 1 aliphatic heterocycles. The summed E-state index contributed by atoms with van der Waals surface area (Å²) in [6.07, 6.45) is 6.37. The first kappa shape index (κ1) is 16.9. The number of piperidine rings is 1. The molecule has 4 nitrogen and oxygen atoms in total. The maximum atomic E-state index is 12.9. The van der Waals surface area contributed by atoms with Gasteiger partial charge in [-0.15, -0.1) is 0 Å². The van der Waals surface area contributed by atoms with E-state index in [0.717, 1.165) is 31.2 Å². The lowest BCUT2D eigenvalue weighted by Crippen LogP contribution is -2.45. The van der Waals surface area contributed by atoms with Gasteiger partial charge in [-0.25, -0.2) is 4.39 Å². The summed E-state index contributed by atoms with van der Waals surface area (Å²) < 4.78 is 12.9. The van der Waals surface area contributed by atoms with E-state index in [9.17, 15) is 14.0 Å². The molecular weight excluding hydrogens is 307 g/mol. The van der Waals surface area contributed by atoms with E-state index >= 15 is 0 Å². The molecule has 1 aromatic carbocycles. The van der Waals surface area contributed by atoms with Crippen molar-refractivity contribution in [1.82, 2.24) is 10.2 Å². The Bertz CT molecular complexity index is 574. The summed E-state index contributed by atoms with van der Waals surface area (Å²) in [5.74, 6) is -0.0513. The van der Waals surface area contributed by atoms with Gasteiger partial charge in [0.25, 0.3) is 0 Å². The van der Waals surface area contributed by atoms with E-state index in [0.29, 0.717) is 25.6 Å². The normalized spacial score (nSPS) is 19.5. The number of amides is 2. The van der Waals surface area contributed by atoms with Gasteiger partial charge in [0.05, 0.1) is 6.42 Å². The van der Waals surface area contributed by atoms with E-state index in [2.05, 4.69) is 5.32 Å². The highest BCUT2D eigenvalue weighted by molar-refractivity contribution is 5.81. The molecule has 2 fully saturated rings. The Morgan fingerprint density at radius 3 is 2.29 bits per heavy atom. The van der Waals surface area contributed by atoms with Crippen LogP contribution in [0.25, 0.3) is 0 Å². The molecule has 0 unspecified atom stereocenters. The molecule has 130 valence electrons. The van der Waals surface area contributed by atoms with Crippen LogP contribution in [-0.2, 0) is 16.0 Å². The van der Waals surface area contributed by atoms with Crippen molar-refractivity contribution in [1.29, 1.82) is 0 Å². The smallest absolute Gasteiger partial charge is 0.226 e. The maximum Gasteiger partial charge on any atom is 0.226 e. The molecule has 0 spiro atoms. The Morgan fingerprint density at radius 2 is 1.67 bits per heavy atom. The van der Waals surface area contributed by atoms with Crippen molar-refractivity contribution in [3.05, 3.63) is 35.6 Å². The van der Waals surface area contributed by atoms with Crippen LogP contribution in [-0.4, -0.2) is 35.8 Å². The number of likely N-dealkylation sites (tertiary alicyclic amines) is 1. The van der Waals surface area contributed by atoms with E-state index in [4.69, 9.17) is 0 Å². The first-order valence-electron chi connectivity index (χ1n) is 8.94. The minimum absolute atomic E-state index is 0.0282. The predicted octanol–water partition coefficient (Wildman–Crippen LogP) is 2.67. The number of carbonyl (C=O) groups is 2. The van der Waals surface area contributed by atoms with Gasteiger partial charge in [0.15, 0.2) is 0 Å². The van der Waals surface area contributed by atoms with Crippen LogP contribution < -0.4 is 5.32 Å². The second-order valence-electron chi connectivity index (χ2n) is 6.95. The minimum atomic E-state index is -0.291. The molecule has 24 heavy (non-hydrogen) atoms. The van der Waals surface area contributed by atoms with E-state index in [1.54, 1.807) is 12.1 Å². The third-order valence-electron chi connectivity index (χ3n) is 5.19. The van der Waals surface area contributed by atoms with Crippen LogP contribution in [0, 0.1) is 11.7 Å². The Kier molecular flexibility index (Phi) is 5.48. The van der Waals surface area contributed by atoms with Gasteiger partial charge in [-0.05, 0) is 43.4 Å². The second kappa shape index (κ2) is 7.77. The first-order valence-corrected chi connectivity index (χ1v) is 8.94. The van der Waals surface area contributed by atoms with Crippen molar-refractivity contribution in [2.24, 2.45) is 5.92 Å². The van der Waals surface area contributed by atoms with Crippen molar-refractivity contribution in [2.75, 3.05) is 13.1 Å². The molecule has 0 atom stereocenters. The summed E-state index contributed by atoms with van der Waals surface area (Å²) in [5.41, 5.74) is 0.822. The zero-order valence-corrected chi connectivity index (χ0v) is 14.0. The summed E-state index contributed by atoms with van der Waals surface area (Å²) in [6, 6.07) is 6.41. The van der Waals surface area contributed by atoms with Crippen LogP contribution in [0.2, 0.25) is 0 Å². The van der Waals surface area contributed by atoms with Gasteiger partial charge >= 0.3 is 0 Å². The lowest BCUT2D eigenvalue weighted by molar-refractivity contribution is -0.135. The van der Waals surface area contributed by atoms with E-state index in [1.165, 1.54) is 25.0 Å². The third-order valence-corrected chi connectivity index (χ3v) is 5.19. The van der Waals surface area contributed by atoms with Gasteiger partial charge in [0.1, 0.15) is 5.82 Å². The quantitative estimate of drug-likeness (QED) is 0.921. The van der Waals surface area contributed by atoms with E-state index < -0.39 is 0 Å². The zero-order valence-electron chi connectivity index (χ0n) is 14.0. The molecule has 1 aliphatic carbocycles. The Balaban J connectivity index is 1.44. The minimum Gasteiger partial charge on any atom is -0.353 e. The SMILES string of the molecule is O=C(NC1CCCC1)C1CCN(C(=O)Cc2ccc(F)cc2)CC1. The predicted molar refractivity (Wildman–Crippen MR) is 89.8 cm³/mol. The van der Waals surface area contributed by atoms with Crippen molar-refractivity contribution >= 4 is 11.8 Å². The molecule has 1 aromatic rings. The monoisotopic (exact) mass is 332 g/mol. The van der Waals surface area contributed by atoms with Gasteiger partial charge in [0, 0.05) is 25.0 Å². The van der Waals surface area contributed by atoms with Gasteiger partial charge in [-0.2, -0.15) is 0 Å². The molecule has 3 rings (SSSR count). The Labute approximate surface area is 142 Å². The molecule has 2 amide bonds. The molecule has 0 bridgehead atoms. The number of carbonyl (C=O) groups excluding carboxylic acids is 2. The highest BCUT2D eigenvalue weighted by atomic mass is 19.1. The molecule has 0 radical (unpaired) electrons. The number of halogens is 1. The second-order valence-corrected chi connectivity index (χ2v) is 6.95. The Morgan fingerprint density at radius 1 is 1.04 bits per heavy atom. The van der Waals surface area contributed by atoms with Crippen LogP contribution in [0.1, 0.15) is 44.1 Å². The molecule has 1 N–H and O–H groups in total. The number of nitrogens with one attached hydrogen (secondary N) is 1. The average molecular weight is 332 g/mol. The molecular formula is C19H25FN2O2. The zero-order chi connectivity index (χ0) is 16.9. The van der Waals surface area contributed by atoms with Crippen LogP contribution in [0.5, 0.6) is 0 Å². The molecule has 1 saturated carbocycles. The fourth-order valence-corrected chi connectivity index (χ4v) is 3.67. The third kappa shape index (κ3) is 4.34. The first-order chi connectivity index (χ1) is 11.6. The van der Waals surface area contributed by atoms with Gasteiger partial charge in [-0.3, -0.25) is 9.59 Å². The van der Waals surface area contributed by atoms with Crippen molar-refractivity contribution < 1.29 is 14.0 Å². The van der Waals surface area contributed by atoms with Gasteiger partial charge < -0.3 is 10.2 Å². The number of hydrogen-bond acceptors (Lipinski definition) is 2. The number of nitrogens with zero attached hydrogens (tertiary/aromatic N) is 1. The molecule has 5 heteroatoms. The topological polar surface area (TPSA) is 49.4 Å². The van der Waals surface area contributed by atoms with Crippen molar-refractivity contribution in [3.8, 4) is 0 Å². The van der Waals surface area contributed by atoms with Gasteiger partial charge in [0.2, 0.25) is 11.8 Å². The van der Waals surface area contributed by atoms with Gasteiger partial charge in [-0.1, -0.05) is 25.0 Å². The molecule has 0 aromatic heterocycles. The number of benzene rings is 1. The summed E-state index contributed by atoms with van der Waals surface area (Å²) in [6.45, 7) is 1.26. The highest BCUT2D eigenvalue weighted by Crippen LogP contribution is 2.22. The van der Waals surface area contributed by atoms with Crippen LogP contribution >= 0.6 is 0 Å². The van der Waals surface area contributed by atoms with Crippen molar-refractivity contribution in [3.63, 3.8) is 0 Å². The molecule has 1 heterocycles. The van der Waals surface area contributed by atoms with Crippen LogP contribution in [0.3, 0.4) is 0 Å². The average Bonchev–Trinajstić information content (AvgIpc) is 3.10. The fraction of sp³-hybridized carbons (Fsp3) is 0.579. The van der Waals surface area contributed by atoms with Crippen LogP contribution in [0.4, 0.5) is 4.39 Å². The Hall–Kier alpha value is -1.91. The maximum absolute atomic E-state index is 12.9. The fourth-order valence-electron chi connectivity index (χ4n) is 3.67. The van der Waals surface area contributed by atoms with E-state index in [1.807, 2.05) is 4.90 Å². The molecule has 1 saturated heterocycles.